The van der Waals surface area contributed by atoms with Crippen LogP contribution in [0.15, 0.2) is 103 Å². The van der Waals surface area contributed by atoms with E-state index in [0.29, 0.717) is 6.61 Å². The van der Waals surface area contributed by atoms with E-state index in [-0.39, 0.29) is 11.4 Å². The van der Waals surface area contributed by atoms with Crippen LogP contribution in [-0.2, 0) is 16.8 Å². The summed E-state index contributed by atoms with van der Waals surface area (Å²) in [5.74, 6) is 2.94. The lowest BCUT2D eigenvalue weighted by atomic mass is 9.84. The largest absolute Gasteiger partial charge is 0.508 e. The SMILES string of the molecule is C#Cc1cccc(-c2ccc(C(CCC)(CCC)OCC(=C)Nc3cc(C)cc(O)c3)cc2)c1.CCc1ccccc1C. The Hall–Kier alpha value is -4.26. The van der Waals surface area contributed by atoms with Crippen LogP contribution in [0.2, 0.25) is 0 Å². The van der Waals surface area contributed by atoms with Gasteiger partial charge in [0.05, 0.1) is 12.2 Å². The van der Waals surface area contributed by atoms with Gasteiger partial charge in [0.2, 0.25) is 0 Å². The molecule has 0 fully saturated rings. The third kappa shape index (κ3) is 9.63. The molecule has 0 saturated carbocycles. The summed E-state index contributed by atoms with van der Waals surface area (Å²) in [6.07, 6.45) is 10.6. The van der Waals surface area contributed by atoms with Crippen LogP contribution in [0.4, 0.5) is 5.69 Å². The molecule has 2 N–H and O–H groups in total. The summed E-state index contributed by atoms with van der Waals surface area (Å²) in [5, 5.41) is 13.2. The molecule has 0 spiro atoms. The summed E-state index contributed by atoms with van der Waals surface area (Å²) in [5.41, 5.74) is 9.31. The second-order valence-corrected chi connectivity index (χ2v) is 11.2. The number of terminal acetylenes is 1. The van der Waals surface area contributed by atoms with Gasteiger partial charge in [0.25, 0.3) is 0 Å². The molecule has 3 nitrogen and oxygen atoms in total. The number of phenols is 1. The minimum absolute atomic E-state index is 0.232. The summed E-state index contributed by atoms with van der Waals surface area (Å²) in [7, 11) is 0. The van der Waals surface area contributed by atoms with Crippen LogP contribution in [0.5, 0.6) is 5.75 Å². The van der Waals surface area contributed by atoms with E-state index < -0.39 is 0 Å². The first kappa shape index (κ1) is 33.2. The zero-order valence-electron chi connectivity index (χ0n) is 26.5. The predicted molar refractivity (Wildman–Crippen MR) is 183 cm³/mol. The van der Waals surface area contributed by atoms with Gasteiger partial charge in [-0.25, -0.2) is 0 Å². The van der Waals surface area contributed by atoms with E-state index in [1.54, 1.807) is 12.1 Å². The predicted octanol–water partition coefficient (Wildman–Crippen LogP) is 10.3. The minimum atomic E-state index is -0.387. The lowest BCUT2D eigenvalue weighted by molar-refractivity contribution is -0.0532. The quantitative estimate of drug-likeness (QED) is 0.166. The van der Waals surface area contributed by atoms with Crippen molar-refractivity contribution in [1.29, 1.82) is 0 Å². The highest BCUT2D eigenvalue weighted by atomic mass is 16.5. The number of anilines is 1. The molecule has 224 valence electrons. The molecule has 4 aromatic carbocycles. The highest BCUT2D eigenvalue weighted by Crippen LogP contribution is 2.37. The average Bonchev–Trinajstić information content (AvgIpc) is 3.00. The van der Waals surface area contributed by atoms with Crippen LogP contribution < -0.4 is 5.32 Å². The topological polar surface area (TPSA) is 41.5 Å². The average molecular weight is 574 g/mol. The molecule has 0 amide bonds. The van der Waals surface area contributed by atoms with Crippen molar-refractivity contribution in [2.75, 3.05) is 11.9 Å². The van der Waals surface area contributed by atoms with Crippen LogP contribution in [-0.4, -0.2) is 11.7 Å². The second-order valence-electron chi connectivity index (χ2n) is 11.2. The van der Waals surface area contributed by atoms with E-state index in [0.717, 1.165) is 65.7 Å². The number of hydrogen-bond acceptors (Lipinski definition) is 3. The first-order valence-electron chi connectivity index (χ1n) is 15.3. The Morgan fingerprint density at radius 3 is 2.14 bits per heavy atom. The Morgan fingerprint density at radius 1 is 0.860 bits per heavy atom. The van der Waals surface area contributed by atoms with Crippen molar-refractivity contribution in [2.45, 2.75) is 72.3 Å². The normalized spacial score (nSPS) is 10.8. The molecular formula is C40H47NO2. The number of hydrogen-bond donors (Lipinski definition) is 2. The van der Waals surface area contributed by atoms with Crippen LogP contribution in [0.1, 0.15) is 74.3 Å². The monoisotopic (exact) mass is 573 g/mol. The fraction of sp³-hybridized carbons (Fsp3) is 0.300. The molecule has 0 aromatic heterocycles. The van der Waals surface area contributed by atoms with E-state index >= 15 is 0 Å². The molecule has 0 aliphatic heterocycles. The maximum absolute atomic E-state index is 9.88. The molecule has 0 aliphatic carbocycles. The summed E-state index contributed by atoms with van der Waals surface area (Å²) in [4.78, 5) is 0. The van der Waals surface area contributed by atoms with E-state index in [9.17, 15) is 5.11 Å². The Bertz CT molecular complexity index is 1480. The number of aryl methyl sites for hydroxylation is 3. The molecule has 3 heteroatoms. The third-order valence-electron chi connectivity index (χ3n) is 7.63. The van der Waals surface area contributed by atoms with Gasteiger partial charge in [-0.15, -0.1) is 6.42 Å². The number of ether oxygens (including phenoxy) is 1. The van der Waals surface area contributed by atoms with E-state index in [2.05, 4.69) is 100 Å². The summed E-state index contributed by atoms with van der Waals surface area (Å²) >= 11 is 0. The second kappa shape index (κ2) is 16.4. The standard InChI is InChI=1S/C31H35NO2.C9H12/c1-6-16-31(17-7-2,34-22-24(5)32-29-18-23(4)19-30(33)21-29)28-14-12-26(13-15-28)27-11-9-10-25(8-3)20-27;1-3-9-7-5-4-6-8(9)2/h3,9-15,18-21,32-33H,5-7,16-17,22H2,1-2,4H3;4-7H,3H2,1-2H3. The molecule has 0 aliphatic rings. The van der Waals surface area contributed by atoms with Gasteiger partial charge in [-0.1, -0.05) is 107 Å². The zero-order chi connectivity index (χ0) is 31.2. The van der Waals surface area contributed by atoms with Gasteiger partial charge in [-0.05, 0) is 90.8 Å². The van der Waals surface area contributed by atoms with Gasteiger partial charge in [0, 0.05) is 23.0 Å². The molecule has 0 bridgehead atoms. The Labute approximate surface area is 259 Å². The number of rotatable bonds is 12. The summed E-state index contributed by atoms with van der Waals surface area (Å²) in [6.45, 7) is 15.2. The summed E-state index contributed by atoms with van der Waals surface area (Å²) < 4.78 is 6.62. The molecule has 0 unspecified atom stereocenters. The Morgan fingerprint density at radius 2 is 1.56 bits per heavy atom. The van der Waals surface area contributed by atoms with Gasteiger partial charge >= 0.3 is 0 Å². The maximum Gasteiger partial charge on any atom is 0.117 e. The van der Waals surface area contributed by atoms with Crippen LogP contribution in [0, 0.1) is 26.2 Å². The van der Waals surface area contributed by atoms with Gasteiger partial charge in [0.15, 0.2) is 0 Å². The Kier molecular flexibility index (Phi) is 12.7. The third-order valence-corrected chi connectivity index (χ3v) is 7.63. The van der Waals surface area contributed by atoms with Crippen LogP contribution in [0.3, 0.4) is 0 Å². The van der Waals surface area contributed by atoms with Crippen molar-refractivity contribution in [2.24, 2.45) is 0 Å². The number of nitrogens with one attached hydrogen (secondary N) is 1. The van der Waals surface area contributed by atoms with Crippen LogP contribution >= 0.6 is 0 Å². The van der Waals surface area contributed by atoms with Crippen molar-refractivity contribution < 1.29 is 9.84 Å². The fourth-order valence-electron chi connectivity index (χ4n) is 5.51. The molecule has 0 heterocycles. The Balaban J connectivity index is 0.000000480. The molecule has 0 saturated heterocycles. The molecule has 0 atom stereocenters. The molecular weight excluding hydrogens is 526 g/mol. The maximum atomic E-state index is 9.88. The smallest absolute Gasteiger partial charge is 0.117 e. The zero-order valence-corrected chi connectivity index (χ0v) is 26.5. The highest BCUT2D eigenvalue weighted by molar-refractivity contribution is 5.65. The van der Waals surface area contributed by atoms with E-state index in [4.69, 9.17) is 11.2 Å². The van der Waals surface area contributed by atoms with Crippen molar-refractivity contribution in [3.8, 4) is 29.2 Å². The number of phenolic OH excluding ortho intramolecular Hbond substituents is 1. The van der Waals surface area contributed by atoms with E-state index in [1.807, 2.05) is 31.2 Å². The fourth-order valence-corrected chi connectivity index (χ4v) is 5.51. The van der Waals surface area contributed by atoms with Crippen LogP contribution in [0.25, 0.3) is 11.1 Å². The highest BCUT2D eigenvalue weighted by Gasteiger charge is 2.31. The lowest BCUT2D eigenvalue weighted by Gasteiger charge is -2.35. The molecule has 4 aromatic rings. The molecule has 4 rings (SSSR count). The van der Waals surface area contributed by atoms with Gasteiger partial charge in [-0.3, -0.25) is 0 Å². The number of benzene rings is 4. The van der Waals surface area contributed by atoms with Crippen molar-refractivity contribution in [1.82, 2.24) is 0 Å². The molecule has 43 heavy (non-hydrogen) atoms. The first-order valence-corrected chi connectivity index (χ1v) is 15.3. The van der Waals surface area contributed by atoms with Crippen molar-refractivity contribution in [3.63, 3.8) is 0 Å². The molecule has 0 radical (unpaired) electrons. The first-order chi connectivity index (χ1) is 20.7. The number of aromatic hydroxyl groups is 1. The van der Waals surface area contributed by atoms with E-state index in [1.165, 1.54) is 16.7 Å². The van der Waals surface area contributed by atoms with Crippen molar-refractivity contribution in [3.05, 3.63) is 131 Å². The minimum Gasteiger partial charge on any atom is -0.508 e. The van der Waals surface area contributed by atoms with Crippen molar-refractivity contribution >= 4 is 5.69 Å². The van der Waals surface area contributed by atoms with Gasteiger partial charge in [-0.2, -0.15) is 0 Å². The van der Waals surface area contributed by atoms with Gasteiger partial charge in [0.1, 0.15) is 5.75 Å². The van der Waals surface area contributed by atoms with Gasteiger partial charge < -0.3 is 15.2 Å². The summed E-state index contributed by atoms with van der Waals surface area (Å²) in [6, 6.07) is 30.6. The lowest BCUT2D eigenvalue weighted by Crippen LogP contribution is -2.31.